The molecule has 2 aliphatic heterocycles. The van der Waals surface area contributed by atoms with Crippen LogP contribution >= 0.6 is 24.8 Å². The van der Waals surface area contributed by atoms with E-state index >= 15 is 0 Å². The Balaban J connectivity index is 0.00000136. The van der Waals surface area contributed by atoms with Crippen LogP contribution in [0.5, 0.6) is 0 Å². The van der Waals surface area contributed by atoms with Gasteiger partial charge >= 0.3 is 0 Å². The highest BCUT2D eigenvalue weighted by Gasteiger charge is 2.39. The number of hydrogen-bond acceptors (Lipinski definition) is 4. The molecule has 1 amide bonds. The number of pyridine rings is 1. The highest BCUT2D eigenvalue weighted by atomic mass is 35.5. The van der Waals surface area contributed by atoms with Gasteiger partial charge in [0.25, 0.3) is 5.91 Å². The Kier molecular flexibility index (Phi) is 7.57. The number of aromatic nitrogens is 3. The molecule has 0 aliphatic carbocycles. The Labute approximate surface area is 195 Å². The summed E-state index contributed by atoms with van der Waals surface area (Å²) in [5, 5.41) is 3.47. The quantitative estimate of drug-likeness (QED) is 0.642. The third kappa shape index (κ3) is 4.86. The minimum atomic E-state index is 0. The molecule has 1 aromatic carbocycles. The molecule has 4 heterocycles. The predicted molar refractivity (Wildman–Crippen MR) is 127 cm³/mol. The van der Waals surface area contributed by atoms with Crippen LogP contribution in [0.4, 0.5) is 0 Å². The number of likely N-dealkylation sites (tertiary alicyclic amines) is 1. The molecule has 6 nitrogen and oxygen atoms in total. The molecule has 1 spiro atoms. The van der Waals surface area contributed by atoms with Gasteiger partial charge in [-0.3, -0.25) is 4.79 Å². The number of nitrogens with one attached hydrogen (secondary N) is 1. The number of benzene rings is 1. The predicted octanol–water partition coefficient (Wildman–Crippen LogP) is 3.73. The maximum Gasteiger partial charge on any atom is 0.255 e. The van der Waals surface area contributed by atoms with Gasteiger partial charge in [-0.15, -0.1) is 24.8 Å². The van der Waals surface area contributed by atoms with Crippen molar-refractivity contribution in [3.05, 3.63) is 60.0 Å². The topological polar surface area (TPSA) is 63.1 Å². The minimum absolute atomic E-state index is 0. The van der Waals surface area contributed by atoms with E-state index in [1.807, 2.05) is 23.4 Å². The van der Waals surface area contributed by atoms with Crippen LogP contribution < -0.4 is 5.32 Å². The van der Waals surface area contributed by atoms with Crippen LogP contribution in [0, 0.1) is 5.41 Å². The lowest BCUT2D eigenvalue weighted by Crippen LogP contribution is -2.47. The van der Waals surface area contributed by atoms with Crippen molar-refractivity contribution >= 4 is 41.9 Å². The lowest BCUT2D eigenvalue weighted by molar-refractivity contribution is 0.0553. The fourth-order valence-electron chi connectivity index (χ4n) is 4.83. The van der Waals surface area contributed by atoms with Crippen molar-refractivity contribution in [1.29, 1.82) is 0 Å². The van der Waals surface area contributed by atoms with Crippen molar-refractivity contribution < 1.29 is 4.79 Å². The third-order valence-corrected chi connectivity index (χ3v) is 6.47. The van der Waals surface area contributed by atoms with Crippen LogP contribution in [0.2, 0.25) is 0 Å². The molecule has 0 saturated carbocycles. The first-order chi connectivity index (χ1) is 14.2. The van der Waals surface area contributed by atoms with Crippen molar-refractivity contribution in [3.8, 4) is 0 Å². The first-order valence-electron chi connectivity index (χ1n) is 10.6. The fourth-order valence-corrected chi connectivity index (χ4v) is 4.83. The summed E-state index contributed by atoms with van der Waals surface area (Å²) in [6.45, 7) is 4.60. The smallest absolute Gasteiger partial charge is 0.255 e. The number of piperidine rings is 1. The van der Waals surface area contributed by atoms with Gasteiger partial charge in [0.2, 0.25) is 0 Å². The molecule has 5 rings (SSSR count). The molecule has 2 fully saturated rings. The standard InChI is InChI=1S/C23H27N5O.2ClH/c29-22(27-11-4-8-23(16-27)9-10-24-15-23)19-13-20-21(25-14-19)28(17-26-20)12-7-18-5-2-1-3-6-18;;/h1-3,5-6,13-14,17,24H,4,7-12,15-16H2;2*1H. The molecule has 31 heavy (non-hydrogen) atoms. The van der Waals surface area contributed by atoms with E-state index in [-0.39, 0.29) is 36.1 Å². The molecule has 8 heteroatoms. The van der Waals surface area contributed by atoms with Crippen molar-refractivity contribution in [1.82, 2.24) is 24.8 Å². The number of rotatable bonds is 4. The molecule has 166 valence electrons. The molecular formula is C23H29Cl2N5O. The van der Waals surface area contributed by atoms with Gasteiger partial charge in [0.1, 0.15) is 5.52 Å². The molecule has 1 atom stereocenters. The lowest BCUT2D eigenvalue weighted by Gasteiger charge is -2.40. The van der Waals surface area contributed by atoms with Crippen LogP contribution in [0.1, 0.15) is 35.2 Å². The van der Waals surface area contributed by atoms with E-state index in [9.17, 15) is 4.79 Å². The SMILES string of the molecule is Cl.Cl.O=C(c1cnc2c(c1)ncn2CCc1ccccc1)N1CCCC2(CCNC2)C1. The molecule has 3 aromatic rings. The number of amides is 1. The number of hydrogen-bond donors (Lipinski definition) is 1. The van der Waals surface area contributed by atoms with Gasteiger partial charge in [-0.2, -0.15) is 0 Å². The van der Waals surface area contributed by atoms with E-state index in [1.165, 1.54) is 18.4 Å². The van der Waals surface area contributed by atoms with E-state index in [0.717, 1.165) is 56.7 Å². The first kappa shape index (κ1) is 23.5. The summed E-state index contributed by atoms with van der Waals surface area (Å²) in [5.41, 5.74) is 3.84. The number of imidazole rings is 1. The van der Waals surface area contributed by atoms with Gasteiger partial charge in [0.15, 0.2) is 5.65 Å². The van der Waals surface area contributed by atoms with Gasteiger partial charge in [0.05, 0.1) is 11.9 Å². The van der Waals surface area contributed by atoms with Gasteiger partial charge < -0.3 is 14.8 Å². The maximum atomic E-state index is 13.1. The second-order valence-electron chi connectivity index (χ2n) is 8.50. The Hall–Kier alpha value is -2.15. The van der Waals surface area contributed by atoms with Crippen molar-refractivity contribution in [2.75, 3.05) is 26.2 Å². The van der Waals surface area contributed by atoms with E-state index in [2.05, 4.69) is 44.1 Å². The van der Waals surface area contributed by atoms with Crippen molar-refractivity contribution in [2.24, 2.45) is 5.41 Å². The van der Waals surface area contributed by atoms with E-state index in [1.54, 1.807) is 6.20 Å². The summed E-state index contributed by atoms with van der Waals surface area (Å²) in [6.07, 6.45) is 7.94. The van der Waals surface area contributed by atoms with Crippen molar-refractivity contribution in [2.45, 2.75) is 32.2 Å². The number of carbonyl (C=O) groups is 1. The molecule has 2 saturated heterocycles. The Morgan fingerprint density at radius 2 is 1.97 bits per heavy atom. The molecule has 0 radical (unpaired) electrons. The van der Waals surface area contributed by atoms with Gasteiger partial charge in [-0.25, -0.2) is 9.97 Å². The number of carbonyl (C=O) groups excluding carboxylic acids is 1. The molecule has 0 bridgehead atoms. The summed E-state index contributed by atoms with van der Waals surface area (Å²) < 4.78 is 2.07. The van der Waals surface area contributed by atoms with Crippen LogP contribution in [0.25, 0.3) is 11.2 Å². The van der Waals surface area contributed by atoms with Gasteiger partial charge in [-0.1, -0.05) is 30.3 Å². The molecule has 1 unspecified atom stereocenters. The zero-order valence-corrected chi connectivity index (χ0v) is 19.1. The Morgan fingerprint density at radius 3 is 2.74 bits per heavy atom. The van der Waals surface area contributed by atoms with Gasteiger partial charge in [0, 0.05) is 37.8 Å². The number of nitrogens with zero attached hydrogens (tertiary/aromatic N) is 4. The first-order valence-corrected chi connectivity index (χ1v) is 10.6. The summed E-state index contributed by atoms with van der Waals surface area (Å²) >= 11 is 0. The van der Waals surface area contributed by atoms with E-state index in [4.69, 9.17) is 0 Å². The molecule has 2 aromatic heterocycles. The summed E-state index contributed by atoms with van der Waals surface area (Å²) in [5.74, 6) is 0.0872. The van der Waals surface area contributed by atoms with E-state index in [0.29, 0.717) is 5.56 Å². The fraction of sp³-hybridized carbons (Fsp3) is 0.435. The monoisotopic (exact) mass is 461 g/mol. The largest absolute Gasteiger partial charge is 0.338 e. The lowest BCUT2D eigenvalue weighted by atomic mass is 9.79. The highest BCUT2D eigenvalue weighted by molar-refractivity contribution is 5.96. The third-order valence-electron chi connectivity index (χ3n) is 6.47. The summed E-state index contributed by atoms with van der Waals surface area (Å²) in [6, 6.07) is 12.3. The average Bonchev–Trinajstić information content (AvgIpc) is 3.39. The van der Waals surface area contributed by atoms with Crippen molar-refractivity contribution in [3.63, 3.8) is 0 Å². The summed E-state index contributed by atoms with van der Waals surface area (Å²) in [4.78, 5) is 24.3. The van der Waals surface area contributed by atoms with Gasteiger partial charge in [-0.05, 0) is 43.9 Å². The van der Waals surface area contributed by atoms with Crippen LogP contribution in [0.15, 0.2) is 48.9 Å². The van der Waals surface area contributed by atoms with Crippen LogP contribution in [-0.4, -0.2) is 51.5 Å². The second-order valence-corrected chi connectivity index (χ2v) is 8.50. The maximum absolute atomic E-state index is 13.1. The second kappa shape index (κ2) is 9.98. The Morgan fingerprint density at radius 1 is 1.13 bits per heavy atom. The summed E-state index contributed by atoms with van der Waals surface area (Å²) in [7, 11) is 0. The average molecular weight is 462 g/mol. The molecule has 1 N–H and O–H groups in total. The number of halogens is 2. The zero-order chi connectivity index (χ0) is 19.7. The number of fused-ring (bicyclic) bond motifs is 1. The number of aryl methyl sites for hydroxylation is 2. The zero-order valence-electron chi connectivity index (χ0n) is 17.5. The molecule has 2 aliphatic rings. The minimum Gasteiger partial charge on any atom is -0.338 e. The Bertz CT molecular complexity index is 1020. The van der Waals surface area contributed by atoms with E-state index < -0.39 is 0 Å². The van der Waals surface area contributed by atoms with Crippen LogP contribution in [-0.2, 0) is 13.0 Å². The van der Waals surface area contributed by atoms with Crippen LogP contribution in [0.3, 0.4) is 0 Å². The normalized spacial score (nSPS) is 20.5. The highest BCUT2D eigenvalue weighted by Crippen LogP contribution is 2.36. The molecular weight excluding hydrogens is 433 g/mol.